The Labute approximate surface area is 98.4 Å². The van der Waals surface area contributed by atoms with E-state index in [-0.39, 0.29) is 11.8 Å². The third-order valence-corrected chi connectivity index (χ3v) is 2.41. The Bertz CT molecular complexity index is 245. The van der Waals surface area contributed by atoms with E-state index >= 15 is 0 Å². The number of hydrogen-bond acceptors (Lipinski definition) is 3. The van der Waals surface area contributed by atoms with Gasteiger partial charge in [-0.3, -0.25) is 4.79 Å². The number of rotatable bonds is 7. The number of hydrogen-bond donors (Lipinski definition) is 1. The summed E-state index contributed by atoms with van der Waals surface area (Å²) in [6.45, 7) is 7.81. The summed E-state index contributed by atoms with van der Waals surface area (Å²) in [6, 6.07) is 2.08. The molecular formula is C12H23N3O. The van der Waals surface area contributed by atoms with Crippen molar-refractivity contribution >= 4 is 5.91 Å². The zero-order valence-electron chi connectivity index (χ0n) is 10.6. The molecule has 0 aliphatic heterocycles. The van der Waals surface area contributed by atoms with E-state index in [0.29, 0.717) is 31.8 Å². The van der Waals surface area contributed by atoms with Crippen LogP contribution in [0.1, 0.15) is 33.6 Å². The van der Waals surface area contributed by atoms with E-state index in [1.54, 1.807) is 4.90 Å². The summed E-state index contributed by atoms with van der Waals surface area (Å²) in [5.41, 5.74) is 5.45. The lowest BCUT2D eigenvalue weighted by atomic mass is 10.1. The van der Waals surface area contributed by atoms with E-state index in [2.05, 4.69) is 19.9 Å². The molecule has 0 spiro atoms. The molecule has 0 aliphatic rings. The molecule has 4 nitrogen and oxygen atoms in total. The van der Waals surface area contributed by atoms with Crippen molar-refractivity contribution in [3.63, 3.8) is 0 Å². The number of nitrogens with zero attached hydrogens (tertiary/aromatic N) is 2. The normalized spacial score (nSPS) is 12.2. The minimum atomic E-state index is -0.0394. The summed E-state index contributed by atoms with van der Waals surface area (Å²) in [6.07, 6.45) is 1.10. The number of nitrogens with two attached hydrogens (primary N) is 1. The molecule has 0 aromatic carbocycles. The van der Waals surface area contributed by atoms with Gasteiger partial charge in [0, 0.05) is 19.0 Å². The Morgan fingerprint density at radius 1 is 1.44 bits per heavy atom. The average molecular weight is 225 g/mol. The highest BCUT2D eigenvalue weighted by atomic mass is 16.2. The van der Waals surface area contributed by atoms with Gasteiger partial charge in [-0.05, 0) is 18.9 Å². The molecule has 1 atom stereocenters. The fourth-order valence-corrected chi connectivity index (χ4v) is 1.60. The Balaban J connectivity index is 4.36. The number of amides is 1. The van der Waals surface area contributed by atoms with Gasteiger partial charge in [-0.2, -0.15) is 5.26 Å². The van der Waals surface area contributed by atoms with Crippen molar-refractivity contribution in [1.29, 1.82) is 5.26 Å². The Morgan fingerprint density at radius 3 is 2.50 bits per heavy atom. The summed E-state index contributed by atoms with van der Waals surface area (Å²) in [7, 11) is 0. The summed E-state index contributed by atoms with van der Waals surface area (Å²) >= 11 is 0. The lowest BCUT2D eigenvalue weighted by Gasteiger charge is -2.26. The molecule has 0 fully saturated rings. The molecule has 0 saturated carbocycles. The molecule has 92 valence electrons. The molecule has 2 N–H and O–H groups in total. The second-order valence-electron chi connectivity index (χ2n) is 4.56. The van der Waals surface area contributed by atoms with E-state index in [1.807, 2.05) is 6.92 Å². The van der Waals surface area contributed by atoms with Crippen molar-refractivity contribution in [3.05, 3.63) is 0 Å². The van der Waals surface area contributed by atoms with Crippen molar-refractivity contribution in [2.75, 3.05) is 19.6 Å². The maximum atomic E-state index is 12.0. The van der Waals surface area contributed by atoms with Gasteiger partial charge in [0.1, 0.15) is 0 Å². The van der Waals surface area contributed by atoms with E-state index in [9.17, 15) is 4.79 Å². The standard InChI is InChI=1S/C12H23N3O/c1-10(2)9-15(8-4-6-13)12(16)11(3)5-7-14/h10-11H,4-5,7-9,14H2,1-3H3. The van der Waals surface area contributed by atoms with Crippen LogP contribution in [0, 0.1) is 23.2 Å². The number of carbonyl (C=O) groups is 1. The van der Waals surface area contributed by atoms with E-state index < -0.39 is 0 Å². The first-order valence-electron chi connectivity index (χ1n) is 5.88. The third kappa shape index (κ3) is 5.72. The minimum absolute atomic E-state index is 0.0394. The first-order chi connectivity index (χ1) is 7.52. The molecule has 0 heterocycles. The first kappa shape index (κ1) is 14.9. The molecule has 0 rings (SSSR count). The van der Waals surface area contributed by atoms with Crippen LogP contribution in [0.3, 0.4) is 0 Å². The number of carbonyl (C=O) groups excluding carboxylic acids is 1. The highest BCUT2D eigenvalue weighted by Gasteiger charge is 2.20. The predicted octanol–water partition coefficient (Wildman–Crippen LogP) is 1.37. The summed E-state index contributed by atoms with van der Waals surface area (Å²) in [4.78, 5) is 13.8. The second kappa shape index (κ2) is 8.12. The van der Waals surface area contributed by atoms with Crippen LogP contribution in [0.2, 0.25) is 0 Å². The van der Waals surface area contributed by atoms with Gasteiger partial charge in [0.25, 0.3) is 0 Å². The predicted molar refractivity (Wildman–Crippen MR) is 64.5 cm³/mol. The Morgan fingerprint density at radius 2 is 2.06 bits per heavy atom. The molecule has 0 saturated heterocycles. The van der Waals surface area contributed by atoms with Crippen molar-refractivity contribution < 1.29 is 4.79 Å². The lowest BCUT2D eigenvalue weighted by molar-refractivity contribution is -0.135. The molecule has 0 bridgehead atoms. The maximum absolute atomic E-state index is 12.0. The van der Waals surface area contributed by atoms with Gasteiger partial charge in [-0.25, -0.2) is 0 Å². The van der Waals surface area contributed by atoms with Crippen molar-refractivity contribution in [3.8, 4) is 6.07 Å². The molecule has 0 aromatic heterocycles. The highest BCUT2D eigenvalue weighted by Crippen LogP contribution is 2.09. The summed E-state index contributed by atoms with van der Waals surface area (Å²) in [5, 5.41) is 8.57. The first-order valence-corrected chi connectivity index (χ1v) is 5.88. The lowest BCUT2D eigenvalue weighted by Crippen LogP contribution is -2.38. The van der Waals surface area contributed by atoms with Gasteiger partial charge in [0.2, 0.25) is 5.91 Å². The maximum Gasteiger partial charge on any atom is 0.225 e. The van der Waals surface area contributed by atoms with Gasteiger partial charge in [-0.1, -0.05) is 20.8 Å². The van der Waals surface area contributed by atoms with Crippen LogP contribution in [0.15, 0.2) is 0 Å². The van der Waals surface area contributed by atoms with Gasteiger partial charge >= 0.3 is 0 Å². The van der Waals surface area contributed by atoms with Crippen LogP contribution >= 0.6 is 0 Å². The topological polar surface area (TPSA) is 70.1 Å². The van der Waals surface area contributed by atoms with Gasteiger partial charge in [0.15, 0.2) is 0 Å². The van der Waals surface area contributed by atoms with Crippen LogP contribution in [-0.4, -0.2) is 30.4 Å². The van der Waals surface area contributed by atoms with Crippen LogP contribution in [-0.2, 0) is 4.79 Å². The number of nitriles is 1. The SMILES string of the molecule is CC(C)CN(CCC#N)C(=O)C(C)CCN. The molecule has 1 amide bonds. The van der Waals surface area contributed by atoms with Crippen molar-refractivity contribution in [2.24, 2.45) is 17.6 Å². The van der Waals surface area contributed by atoms with Crippen LogP contribution in [0.4, 0.5) is 0 Å². The fourth-order valence-electron chi connectivity index (χ4n) is 1.60. The Kier molecular flexibility index (Phi) is 7.57. The van der Waals surface area contributed by atoms with Crippen LogP contribution < -0.4 is 5.73 Å². The summed E-state index contributed by atoms with van der Waals surface area (Å²) in [5.74, 6) is 0.504. The zero-order valence-corrected chi connectivity index (χ0v) is 10.6. The quantitative estimate of drug-likeness (QED) is 0.711. The van der Waals surface area contributed by atoms with Crippen LogP contribution in [0.5, 0.6) is 0 Å². The third-order valence-electron chi connectivity index (χ3n) is 2.41. The molecule has 0 aromatic rings. The molecule has 0 aliphatic carbocycles. The molecule has 1 unspecified atom stereocenters. The smallest absolute Gasteiger partial charge is 0.225 e. The largest absolute Gasteiger partial charge is 0.341 e. The minimum Gasteiger partial charge on any atom is -0.341 e. The van der Waals surface area contributed by atoms with Gasteiger partial charge < -0.3 is 10.6 Å². The Hall–Kier alpha value is -1.08. The van der Waals surface area contributed by atoms with Gasteiger partial charge in [0.05, 0.1) is 12.5 Å². The second-order valence-corrected chi connectivity index (χ2v) is 4.56. The monoisotopic (exact) mass is 225 g/mol. The molecule has 4 heteroatoms. The highest BCUT2D eigenvalue weighted by molar-refractivity contribution is 5.78. The fraction of sp³-hybridized carbons (Fsp3) is 0.833. The van der Waals surface area contributed by atoms with E-state index in [4.69, 9.17) is 11.0 Å². The molecular weight excluding hydrogens is 202 g/mol. The van der Waals surface area contributed by atoms with Crippen molar-refractivity contribution in [2.45, 2.75) is 33.6 Å². The van der Waals surface area contributed by atoms with Gasteiger partial charge in [-0.15, -0.1) is 0 Å². The molecule has 16 heavy (non-hydrogen) atoms. The zero-order chi connectivity index (χ0) is 12.6. The summed E-state index contributed by atoms with van der Waals surface area (Å²) < 4.78 is 0. The van der Waals surface area contributed by atoms with Crippen LogP contribution in [0.25, 0.3) is 0 Å². The average Bonchev–Trinajstić information content (AvgIpc) is 2.23. The van der Waals surface area contributed by atoms with E-state index in [1.165, 1.54) is 0 Å². The van der Waals surface area contributed by atoms with Crippen molar-refractivity contribution in [1.82, 2.24) is 4.90 Å². The van der Waals surface area contributed by atoms with E-state index in [0.717, 1.165) is 6.54 Å². The molecule has 0 radical (unpaired) electrons.